The Balaban J connectivity index is 1.96. The van der Waals surface area contributed by atoms with Gasteiger partial charge in [0.15, 0.2) is 0 Å². The Kier molecular flexibility index (Phi) is 3.23. The van der Waals surface area contributed by atoms with Crippen LogP contribution in [-0.2, 0) is 0 Å². The first-order valence-electron chi connectivity index (χ1n) is 6.43. The molecule has 0 aliphatic rings. The summed E-state index contributed by atoms with van der Waals surface area (Å²) < 4.78 is 0. The predicted molar refractivity (Wildman–Crippen MR) is 83.5 cm³/mol. The zero-order chi connectivity index (χ0) is 15.7. The number of nitrogen functional groups attached to an aromatic ring is 1. The molecule has 2 aromatic heterocycles. The summed E-state index contributed by atoms with van der Waals surface area (Å²) in [4.78, 5) is 32.1. The zero-order valence-corrected chi connectivity index (χ0v) is 11.3. The molecule has 22 heavy (non-hydrogen) atoms. The number of nitrogens with one attached hydrogen (secondary N) is 2. The second-order valence-corrected chi connectivity index (χ2v) is 4.68. The second kappa shape index (κ2) is 5.21. The maximum atomic E-state index is 11.9. The maximum absolute atomic E-state index is 11.9. The molecular weight excluding hydrogens is 284 g/mol. The number of benzene rings is 1. The molecule has 5 N–H and O–H groups in total. The van der Waals surface area contributed by atoms with E-state index >= 15 is 0 Å². The van der Waals surface area contributed by atoms with Crippen molar-refractivity contribution in [3.63, 3.8) is 0 Å². The van der Waals surface area contributed by atoms with Crippen LogP contribution in [0.4, 0.5) is 5.95 Å². The van der Waals surface area contributed by atoms with Crippen LogP contribution in [0.15, 0.2) is 35.3 Å². The number of aromatic carboxylic acids is 1. The number of anilines is 1. The summed E-state index contributed by atoms with van der Waals surface area (Å²) in [6, 6.07) is 6.42. The first-order chi connectivity index (χ1) is 10.5. The van der Waals surface area contributed by atoms with E-state index in [1.54, 1.807) is 30.5 Å². The third-order valence-electron chi connectivity index (χ3n) is 3.20. The van der Waals surface area contributed by atoms with E-state index in [-0.39, 0.29) is 17.1 Å². The highest BCUT2D eigenvalue weighted by atomic mass is 16.4. The molecule has 110 valence electrons. The molecular formula is C15H12N4O3. The van der Waals surface area contributed by atoms with Crippen LogP contribution in [0.3, 0.4) is 0 Å². The fourth-order valence-corrected chi connectivity index (χ4v) is 2.14. The molecule has 0 aliphatic heterocycles. The zero-order valence-electron chi connectivity index (χ0n) is 11.3. The summed E-state index contributed by atoms with van der Waals surface area (Å²) in [5.74, 6) is -0.915. The van der Waals surface area contributed by atoms with Crippen LogP contribution in [0, 0.1) is 0 Å². The number of aromatic nitrogens is 3. The minimum absolute atomic E-state index is 0.0548. The molecule has 0 spiro atoms. The van der Waals surface area contributed by atoms with E-state index in [2.05, 4.69) is 15.0 Å². The Morgan fingerprint density at radius 2 is 1.95 bits per heavy atom. The topological polar surface area (TPSA) is 125 Å². The number of hydrogen-bond donors (Lipinski definition) is 4. The Morgan fingerprint density at radius 1 is 1.23 bits per heavy atom. The number of hydrogen-bond acceptors (Lipinski definition) is 4. The standard InChI is InChI=1S/C15H12N4O3/c16-15-18-12-11(13(20)19-15)10(7-17-12)6-3-8-1-4-9(5-2-8)14(21)22/h1-7H,(H,21,22)(H4,16,17,18,19,20). The normalized spacial score (nSPS) is 11.3. The number of carboxylic acid groups (broad SMARTS) is 1. The minimum atomic E-state index is -0.970. The van der Waals surface area contributed by atoms with Crippen LogP contribution in [0.2, 0.25) is 0 Å². The summed E-state index contributed by atoms with van der Waals surface area (Å²) >= 11 is 0. The molecule has 7 heteroatoms. The van der Waals surface area contributed by atoms with Gasteiger partial charge < -0.3 is 15.8 Å². The molecule has 0 radical (unpaired) electrons. The number of nitrogens with two attached hydrogens (primary N) is 1. The van der Waals surface area contributed by atoms with Crippen molar-refractivity contribution in [2.75, 3.05) is 5.73 Å². The Labute approximate surface area is 124 Å². The highest BCUT2D eigenvalue weighted by molar-refractivity contribution is 5.90. The van der Waals surface area contributed by atoms with E-state index in [0.717, 1.165) is 5.56 Å². The lowest BCUT2D eigenvalue weighted by Crippen LogP contribution is -2.10. The van der Waals surface area contributed by atoms with Gasteiger partial charge in [-0.2, -0.15) is 4.98 Å². The van der Waals surface area contributed by atoms with Gasteiger partial charge in [-0.1, -0.05) is 24.3 Å². The van der Waals surface area contributed by atoms with Gasteiger partial charge in [0.25, 0.3) is 5.56 Å². The lowest BCUT2D eigenvalue weighted by Gasteiger charge is -1.96. The number of H-pyrrole nitrogens is 2. The summed E-state index contributed by atoms with van der Waals surface area (Å²) in [6.07, 6.45) is 5.19. The Bertz CT molecular complexity index is 936. The molecule has 0 saturated carbocycles. The number of carboxylic acids is 1. The van der Waals surface area contributed by atoms with Crippen molar-refractivity contribution in [2.24, 2.45) is 0 Å². The van der Waals surface area contributed by atoms with Gasteiger partial charge in [0.05, 0.1) is 10.9 Å². The molecule has 7 nitrogen and oxygen atoms in total. The smallest absolute Gasteiger partial charge is 0.335 e. The van der Waals surface area contributed by atoms with Crippen molar-refractivity contribution in [3.05, 3.63) is 57.5 Å². The molecule has 0 fully saturated rings. The van der Waals surface area contributed by atoms with Crippen LogP contribution in [0.25, 0.3) is 23.2 Å². The highest BCUT2D eigenvalue weighted by Gasteiger charge is 2.07. The van der Waals surface area contributed by atoms with E-state index in [4.69, 9.17) is 10.8 Å². The molecule has 0 atom stereocenters. The molecule has 0 bridgehead atoms. The first kappa shape index (κ1) is 13.6. The monoisotopic (exact) mass is 296 g/mol. The van der Waals surface area contributed by atoms with Crippen LogP contribution in [0.1, 0.15) is 21.5 Å². The Hall–Kier alpha value is -3.35. The van der Waals surface area contributed by atoms with Crippen molar-refractivity contribution >= 4 is 35.1 Å². The summed E-state index contributed by atoms with van der Waals surface area (Å²) in [5.41, 5.74) is 7.30. The van der Waals surface area contributed by atoms with Gasteiger partial charge in [-0.3, -0.25) is 9.78 Å². The van der Waals surface area contributed by atoms with Gasteiger partial charge in [-0.25, -0.2) is 4.79 Å². The molecule has 0 aliphatic carbocycles. The quantitative estimate of drug-likeness (QED) is 0.585. The Morgan fingerprint density at radius 3 is 2.64 bits per heavy atom. The number of nitrogens with zero attached hydrogens (tertiary/aromatic N) is 1. The third kappa shape index (κ3) is 2.47. The molecule has 0 amide bonds. The van der Waals surface area contributed by atoms with E-state index < -0.39 is 5.97 Å². The van der Waals surface area contributed by atoms with Gasteiger partial charge in [-0.05, 0) is 17.7 Å². The van der Waals surface area contributed by atoms with Crippen molar-refractivity contribution in [3.8, 4) is 0 Å². The van der Waals surface area contributed by atoms with E-state index in [1.807, 2.05) is 0 Å². The van der Waals surface area contributed by atoms with E-state index in [0.29, 0.717) is 16.6 Å². The molecule has 3 aromatic rings. The number of carbonyl (C=O) groups is 1. The number of rotatable bonds is 3. The highest BCUT2D eigenvalue weighted by Crippen LogP contribution is 2.16. The average molecular weight is 296 g/mol. The first-order valence-corrected chi connectivity index (χ1v) is 6.43. The van der Waals surface area contributed by atoms with Crippen LogP contribution >= 0.6 is 0 Å². The maximum Gasteiger partial charge on any atom is 0.335 e. The number of aromatic amines is 2. The lowest BCUT2D eigenvalue weighted by molar-refractivity contribution is 0.0697. The van der Waals surface area contributed by atoms with Gasteiger partial charge in [0.1, 0.15) is 5.65 Å². The van der Waals surface area contributed by atoms with Crippen molar-refractivity contribution in [2.45, 2.75) is 0 Å². The summed E-state index contributed by atoms with van der Waals surface area (Å²) in [6.45, 7) is 0. The molecule has 1 aromatic carbocycles. The molecule has 0 saturated heterocycles. The number of fused-ring (bicyclic) bond motifs is 1. The van der Waals surface area contributed by atoms with Crippen LogP contribution in [-0.4, -0.2) is 26.0 Å². The molecule has 0 unspecified atom stereocenters. The van der Waals surface area contributed by atoms with Crippen LogP contribution in [0.5, 0.6) is 0 Å². The van der Waals surface area contributed by atoms with Gasteiger partial charge in [-0.15, -0.1) is 0 Å². The fourth-order valence-electron chi connectivity index (χ4n) is 2.14. The summed E-state index contributed by atoms with van der Waals surface area (Å²) in [7, 11) is 0. The van der Waals surface area contributed by atoms with Crippen molar-refractivity contribution < 1.29 is 9.90 Å². The van der Waals surface area contributed by atoms with Gasteiger partial charge in [0.2, 0.25) is 5.95 Å². The molecule has 2 heterocycles. The fraction of sp³-hybridized carbons (Fsp3) is 0. The van der Waals surface area contributed by atoms with Crippen molar-refractivity contribution in [1.82, 2.24) is 15.0 Å². The van der Waals surface area contributed by atoms with E-state index in [9.17, 15) is 9.59 Å². The minimum Gasteiger partial charge on any atom is -0.478 e. The third-order valence-corrected chi connectivity index (χ3v) is 3.20. The van der Waals surface area contributed by atoms with Gasteiger partial charge >= 0.3 is 5.97 Å². The van der Waals surface area contributed by atoms with Crippen LogP contribution < -0.4 is 11.3 Å². The average Bonchev–Trinajstić information content (AvgIpc) is 2.88. The molecule has 3 rings (SSSR count). The van der Waals surface area contributed by atoms with Crippen molar-refractivity contribution in [1.29, 1.82) is 0 Å². The van der Waals surface area contributed by atoms with E-state index in [1.165, 1.54) is 12.1 Å². The largest absolute Gasteiger partial charge is 0.478 e. The SMILES string of the molecule is Nc1nc2[nH]cc(C=Cc3ccc(C(=O)O)cc3)c2c(=O)[nH]1. The van der Waals surface area contributed by atoms with Gasteiger partial charge in [0, 0.05) is 11.8 Å². The lowest BCUT2D eigenvalue weighted by atomic mass is 10.1. The predicted octanol–water partition coefficient (Wildman–Crippen LogP) is 1.70. The second-order valence-electron chi connectivity index (χ2n) is 4.68. The summed E-state index contributed by atoms with van der Waals surface area (Å²) in [5, 5.41) is 9.27.